The molecule has 1 aromatic heterocycles. The number of aromatic amines is 1. The largest absolute Gasteiger partial charge is 0.510 e. The molecule has 1 aliphatic carbocycles. The number of aromatic nitrogens is 2. The Labute approximate surface area is 248 Å². The van der Waals surface area contributed by atoms with Crippen molar-refractivity contribution in [2.24, 2.45) is 5.73 Å². The average Bonchev–Trinajstić information content (AvgIpc) is 3.37. The molecule has 0 spiro atoms. The summed E-state index contributed by atoms with van der Waals surface area (Å²) >= 11 is 0. The van der Waals surface area contributed by atoms with Crippen molar-refractivity contribution in [3.63, 3.8) is 0 Å². The molecule has 4 N–H and O–H groups in total. The standard InChI is InChI=1S/C23H33FN3O16P/c1-12(2)39-19(31)35-10-37-44(34,38-11-36-20(32)40-13(3)4)43-16-22(9-24)23(16,41-15(29)8-25)21(5,33)17(42-22)27-7-6-14(28)26-18(27)30/h6-7,12-13,16-17,33H,8-11,25H2,1-5H3,(H,26,28,30)/t16?,17-,21+,22-,23+/m1/s1. The summed E-state index contributed by atoms with van der Waals surface area (Å²) in [6, 6.07) is 0.907. The van der Waals surface area contributed by atoms with Gasteiger partial charge in [-0.05, 0) is 34.6 Å². The summed E-state index contributed by atoms with van der Waals surface area (Å²) in [5.74, 6) is -1.21. The van der Waals surface area contributed by atoms with Crippen LogP contribution in [0.25, 0.3) is 0 Å². The molecule has 1 aliphatic heterocycles. The Kier molecular flexibility index (Phi) is 10.6. The number of rotatable bonds is 14. The molecule has 44 heavy (non-hydrogen) atoms. The lowest BCUT2D eigenvalue weighted by atomic mass is 9.93. The number of phosphoric acid groups is 1. The molecule has 0 radical (unpaired) electrons. The van der Waals surface area contributed by atoms with Crippen LogP contribution in [0.4, 0.5) is 14.0 Å². The molecular formula is C23H33FN3O16P. The van der Waals surface area contributed by atoms with Gasteiger partial charge in [-0.25, -0.2) is 32.4 Å². The van der Waals surface area contributed by atoms with E-state index in [2.05, 4.69) is 9.47 Å². The van der Waals surface area contributed by atoms with Crippen molar-refractivity contribution in [3.05, 3.63) is 33.1 Å². The number of carbonyl (C=O) groups is 3. The van der Waals surface area contributed by atoms with Crippen LogP contribution in [0.2, 0.25) is 0 Å². The SMILES string of the molecule is CC(C)OC(=O)OCOP(=O)(OCOC(=O)OC(C)C)OC1[C@]2(OC(=O)CN)[C@@](C)(O)[C@H](n3ccc(=O)[nH]c3=O)O[C@]12CF. The first kappa shape index (κ1) is 35.1. The molecule has 1 saturated heterocycles. The van der Waals surface area contributed by atoms with Gasteiger partial charge in [0.05, 0.1) is 18.8 Å². The second kappa shape index (κ2) is 13.3. The van der Waals surface area contributed by atoms with E-state index in [1.807, 2.05) is 4.98 Å². The monoisotopic (exact) mass is 657 g/mol. The molecule has 1 saturated carbocycles. The lowest BCUT2D eigenvalue weighted by molar-refractivity contribution is -0.188. The second-order valence-electron chi connectivity index (χ2n) is 10.1. The molecule has 248 valence electrons. The molecule has 19 nitrogen and oxygen atoms in total. The van der Waals surface area contributed by atoms with Gasteiger partial charge in [0, 0.05) is 12.3 Å². The number of carbonyl (C=O) groups excluding carboxylic acids is 3. The first-order valence-corrected chi connectivity index (χ1v) is 14.4. The van der Waals surface area contributed by atoms with E-state index in [1.165, 1.54) is 27.7 Å². The van der Waals surface area contributed by atoms with Gasteiger partial charge in [-0.3, -0.25) is 23.7 Å². The predicted molar refractivity (Wildman–Crippen MR) is 138 cm³/mol. The number of H-pyrrole nitrogens is 1. The molecular weight excluding hydrogens is 624 g/mol. The molecule has 2 aliphatic rings. The third-order valence-corrected chi connectivity index (χ3v) is 7.62. The van der Waals surface area contributed by atoms with E-state index in [9.17, 15) is 38.0 Å². The summed E-state index contributed by atoms with van der Waals surface area (Å²) in [5.41, 5.74) is -4.11. The zero-order chi connectivity index (χ0) is 33.1. The van der Waals surface area contributed by atoms with Crippen molar-refractivity contribution in [3.8, 4) is 0 Å². The smallest absolute Gasteiger partial charge is 0.449 e. The highest BCUT2D eigenvalue weighted by Crippen LogP contribution is 2.73. The molecule has 1 aromatic rings. The minimum absolute atomic E-state index is 0.600. The van der Waals surface area contributed by atoms with Gasteiger partial charge in [0.1, 0.15) is 6.67 Å². The van der Waals surface area contributed by atoms with Crippen molar-refractivity contribution in [1.29, 1.82) is 0 Å². The summed E-state index contributed by atoms with van der Waals surface area (Å²) in [6.45, 7) is 2.38. The fourth-order valence-electron chi connectivity index (χ4n) is 4.51. The third kappa shape index (κ3) is 6.80. The van der Waals surface area contributed by atoms with E-state index in [-0.39, 0.29) is 0 Å². The number of ether oxygens (including phenoxy) is 6. The number of fused-ring (bicyclic) bond motifs is 1. The normalized spacial score (nSPS) is 27.5. The molecule has 2 heterocycles. The van der Waals surface area contributed by atoms with Gasteiger partial charge in [0.25, 0.3) is 5.56 Å². The second-order valence-corrected chi connectivity index (χ2v) is 11.7. The number of phosphoric ester groups is 1. The molecule has 0 bridgehead atoms. The zero-order valence-corrected chi connectivity index (χ0v) is 25.1. The Balaban J connectivity index is 1.95. The molecule has 0 aromatic carbocycles. The highest BCUT2D eigenvalue weighted by Gasteiger charge is 2.96. The van der Waals surface area contributed by atoms with Crippen LogP contribution in [0.1, 0.15) is 40.8 Å². The maximum absolute atomic E-state index is 14.9. The molecule has 5 atom stereocenters. The predicted octanol–water partition coefficient (Wildman–Crippen LogP) is 0.344. The molecule has 0 amide bonds. The summed E-state index contributed by atoms with van der Waals surface area (Å²) in [6.07, 6.45) is -6.58. The van der Waals surface area contributed by atoms with Crippen LogP contribution in [0.15, 0.2) is 21.9 Å². The molecule has 1 unspecified atom stereocenters. The minimum Gasteiger partial charge on any atom is -0.449 e. The molecule has 2 fully saturated rings. The van der Waals surface area contributed by atoms with Gasteiger partial charge >= 0.3 is 31.8 Å². The van der Waals surface area contributed by atoms with E-state index in [1.54, 1.807) is 0 Å². The summed E-state index contributed by atoms with van der Waals surface area (Å²) < 4.78 is 74.4. The number of hydrogen-bond acceptors (Lipinski definition) is 17. The van der Waals surface area contributed by atoms with Crippen molar-refractivity contribution in [2.75, 3.05) is 26.8 Å². The van der Waals surface area contributed by atoms with E-state index in [4.69, 9.17) is 38.3 Å². The number of nitrogens with two attached hydrogens (primary N) is 1. The topological polar surface area (TPSA) is 252 Å². The summed E-state index contributed by atoms with van der Waals surface area (Å²) in [7, 11) is -5.12. The van der Waals surface area contributed by atoms with Gasteiger partial charge in [0.15, 0.2) is 23.5 Å². The minimum atomic E-state index is -5.12. The quantitative estimate of drug-likeness (QED) is 0.106. The van der Waals surface area contributed by atoms with Gasteiger partial charge in [-0.2, -0.15) is 0 Å². The molecule has 3 rings (SSSR count). The number of alkyl halides is 1. The van der Waals surface area contributed by atoms with Crippen LogP contribution in [0.3, 0.4) is 0 Å². The Bertz CT molecular complexity index is 1370. The van der Waals surface area contributed by atoms with Gasteiger partial charge in [-0.1, -0.05) is 0 Å². The van der Waals surface area contributed by atoms with E-state index < -0.39 is 105 Å². The highest BCUT2D eigenvalue weighted by atomic mass is 31.2. The number of esters is 1. The van der Waals surface area contributed by atoms with Crippen molar-refractivity contribution < 1.29 is 70.4 Å². The summed E-state index contributed by atoms with van der Waals surface area (Å²) in [4.78, 5) is 61.9. The van der Waals surface area contributed by atoms with Crippen molar-refractivity contribution in [1.82, 2.24) is 9.55 Å². The third-order valence-electron chi connectivity index (χ3n) is 6.31. The van der Waals surface area contributed by atoms with Crippen molar-refractivity contribution >= 4 is 26.1 Å². The number of nitrogens with one attached hydrogen (secondary N) is 1. The Morgan fingerprint density at radius 1 is 1.11 bits per heavy atom. The van der Waals surface area contributed by atoms with Gasteiger partial charge in [0.2, 0.25) is 19.2 Å². The number of halogens is 1. The van der Waals surface area contributed by atoms with E-state index in [0.29, 0.717) is 4.57 Å². The molecule has 21 heteroatoms. The average molecular weight is 657 g/mol. The van der Waals surface area contributed by atoms with Crippen molar-refractivity contribution in [2.45, 2.75) is 76.0 Å². The van der Waals surface area contributed by atoms with Crippen LogP contribution in [-0.4, -0.2) is 94.9 Å². The summed E-state index contributed by atoms with van der Waals surface area (Å²) in [5, 5.41) is 11.7. The first-order valence-electron chi connectivity index (χ1n) is 12.9. The maximum atomic E-state index is 14.9. The van der Waals surface area contributed by atoms with Gasteiger partial charge < -0.3 is 39.3 Å². The Morgan fingerprint density at radius 2 is 1.66 bits per heavy atom. The highest BCUT2D eigenvalue weighted by molar-refractivity contribution is 7.48. The Morgan fingerprint density at radius 3 is 2.11 bits per heavy atom. The maximum Gasteiger partial charge on any atom is 0.510 e. The van der Waals surface area contributed by atoms with Crippen LogP contribution >= 0.6 is 7.82 Å². The number of nitrogens with zero attached hydrogens (tertiary/aromatic N) is 1. The van der Waals surface area contributed by atoms with Crippen LogP contribution in [-0.2, 0) is 51.4 Å². The van der Waals surface area contributed by atoms with Crippen LogP contribution in [0, 0.1) is 0 Å². The fraction of sp³-hybridized carbons (Fsp3) is 0.696. The van der Waals surface area contributed by atoms with E-state index >= 15 is 0 Å². The Hall–Kier alpha value is -3.39. The first-order chi connectivity index (χ1) is 20.5. The zero-order valence-electron chi connectivity index (χ0n) is 24.2. The lowest BCUT2D eigenvalue weighted by Crippen LogP contribution is -2.53. The lowest BCUT2D eigenvalue weighted by Gasteiger charge is -2.35. The van der Waals surface area contributed by atoms with E-state index in [0.717, 1.165) is 19.2 Å². The fourth-order valence-corrected chi connectivity index (χ4v) is 5.65. The number of aliphatic hydroxyl groups is 1. The van der Waals surface area contributed by atoms with Gasteiger partial charge in [-0.15, -0.1) is 0 Å². The van der Waals surface area contributed by atoms with Crippen LogP contribution < -0.4 is 17.0 Å². The van der Waals surface area contributed by atoms with Crippen LogP contribution in [0.5, 0.6) is 0 Å². The number of hydrogen-bond donors (Lipinski definition) is 3.